The highest BCUT2D eigenvalue weighted by Crippen LogP contribution is 2.36. The molecule has 1 aliphatic rings. The predicted molar refractivity (Wildman–Crippen MR) is 118 cm³/mol. The minimum atomic E-state index is -1.82. The Morgan fingerprint density at radius 1 is 0.967 bits per heavy atom. The summed E-state index contributed by atoms with van der Waals surface area (Å²) in [6, 6.07) is 15.2. The molecular formula is C26H32F2O2. The van der Waals surface area contributed by atoms with Gasteiger partial charge in [0.2, 0.25) is 0 Å². The van der Waals surface area contributed by atoms with E-state index in [1.54, 1.807) is 0 Å². The van der Waals surface area contributed by atoms with Crippen LogP contribution in [0.3, 0.4) is 0 Å². The highest BCUT2D eigenvalue weighted by Gasteiger charge is 2.19. The maximum absolute atomic E-state index is 12.2. The smallest absolute Gasteiger partial charge is 0.304 e. The number of hydrogen-bond acceptors (Lipinski definition) is 2. The summed E-state index contributed by atoms with van der Waals surface area (Å²) in [5, 5.41) is 9.16. The van der Waals surface area contributed by atoms with Crippen molar-refractivity contribution in [1.29, 1.82) is 0 Å². The molecule has 3 rings (SSSR count). The minimum absolute atomic E-state index is 0.134. The normalized spacial score (nSPS) is 18.8. The van der Waals surface area contributed by atoms with Gasteiger partial charge < -0.3 is 9.84 Å². The van der Waals surface area contributed by atoms with Crippen LogP contribution in [0.1, 0.15) is 61.6 Å². The van der Waals surface area contributed by atoms with Gasteiger partial charge in [-0.15, -0.1) is 0 Å². The predicted octanol–water partition coefficient (Wildman–Crippen LogP) is 6.87. The lowest BCUT2D eigenvalue weighted by molar-refractivity contribution is 0.227. The maximum atomic E-state index is 12.2. The molecule has 0 amide bonds. The molecule has 1 N–H and O–H groups in total. The topological polar surface area (TPSA) is 29.5 Å². The summed E-state index contributed by atoms with van der Waals surface area (Å²) in [6.07, 6.45) is 5.86. The van der Waals surface area contributed by atoms with Gasteiger partial charge in [0.05, 0.1) is 6.61 Å². The number of hydrogen-bond donors (Lipinski definition) is 1. The highest BCUT2D eigenvalue weighted by molar-refractivity contribution is 5.65. The quantitative estimate of drug-likeness (QED) is 0.358. The molecule has 0 bridgehead atoms. The molecule has 0 aromatic heterocycles. The summed E-state index contributed by atoms with van der Waals surface area (Å²) in [6.45, 7) is 2.68. The summed E-state index contributed by atoms with van der Waals surface area (Å²) in [5.74, 6) is 1.52. The number of rotatable bonds is 9. The summed E-state index contributed by atoms with van der Waals surface area (Å²) >= 11 is 0. The lowest BCUT2D eigenvalue weighted by atomic mass is 9.79. The summed E-state index contributed by atoms with van der Waals surface area (Å²) < 4.78 is 29.3. The van der Waals surface area contributed by atoms with Crippen LogP contribution in [0, 0.1) is 5.92 Å². The zero-order valence-electron chi connectivity index (χ0n) is 17.7. The van der Waals surface area contributed by atoms with E-state index in [1.165, 1.54) is 31.2 Å². The minimum Gasteiger partial charge on any atom is -0.495 e. The van der Waals surface area contributed by atoms with Crippen LogP contribution in [-0.4, -0.2) is 18.3 Å². The van der Waals surface area contributed by atoms with E-state index in [2.05, 4.69) is 49.4 Å². The number of ether oxygens (including phenoxy) is 1. The van der Waals surface area contributed by atoms with Gasteiger partial charge in [0.25, 0.3) is 0 Å². The van der Waals surface area contributed by atoms with Crippen molar-refractivity contribution in [3.8, 4) is 11.1 Å². The van der Waals surface area contributed by atoms with E-state index < -0.39 is 6.08 Å². The third kappa shape index (κ3) is 6.40. The number of aryl methyl sites for hydroxylation is 1. The molecule has 1 aliphatic carbocycles. The van der Waals surface area contributed by atoms with E-state index in [9.17, 15) is 8.78 Å². The summed E-state index contributed by atoms with van der Waals surface area (Å²) in [5.41, 5.74) is 5.93. The van der Waals surface area contributed by atoms with Crippen LogP contribution in [-0.2, 0) is 17.6 Å². The van der Waals surface area contributed by atoms with Crippen molar-refractivity contribution in [1.82, 2.24) is 0 Å². The van der Waals surface area contributed by atoms with Crippen LogP contribution in [0.2, 0.25) is 0 Å². The molecule has 162 valence electrons. The second-order valence-corrected chi connectivity index (χ2v) is 8.42. The zero-order valence-corrected chi connectivity index (χ0v) is 17.7. The Hall–Kier alpha value is -2.20. The van der Waals surface area contributed by atoms with Gasteiger partial charge in [0.1, 0.15) is 6.26 Å². The third-order valence-corrected chi connectivity index (χ3v) is 6.20. The Kier molecular flexibility index (Phi) is 8.44. The molecular weight excluding hydrogens is 382 g/mol. The molecule has 0 unspecified atom stereocenters. The molecule has 0 atom stereocenters. The van der Waals surface area contributed by atoms with Crippen molar-refractivity contribution in [2.75, 3.05) is 13.2 Å². The van der Waals surface area contributed by atoms with Gasteiger partial charge in [-0.3, -0.25) is 0 Å². The van der Waals surface area contributed by atoms with Gasteiger partial charge in [-0.2, -0.15) is 8.78 Å². The van der Waals surface area contributed by atoms with E-state index >= 15 is 0 Å². The number of benzene rings is 2. The lowest BCUT2D eigenvalue weighted by Gasteiger charge is -2.26. The molecule has 4 heteroatoms. The van der Waals surface area contributed by atoms with Crippen molar-refractivity contribution in [2.45, 2.75) is 57.8 Å². The van der Waals surface area contributed by atoms with Crippen molar-refractivity contribution >= 4 is 0 Å². The Morgan fingerprint density at radius 2 is 1.67 bits per heavy atom. The lowest BCUT2D eigenvalue weighted by Crippen LogP contribution is -2.10. The van der Waals surface area contributed by atoms with Crippen LogP contribution in [0.15, 0.2) is 54.8 Å². The van der Waals surface area contributed by atoms with Crippen molar-refractivity contribution in [3.05, 3.63) is 71.5 Å². The van der Waals surface area contributed by atoms with Crippen LogP contribution >= 0.6 is 0 Å². The molecule has 0 saturated heterocycles. The van der Waals surface area contributed by atoms with Gasteiger partial charge in [0.15, 0.2) is 0 Å². The molecule has 0 heterocycles. The Bertz CT molecular complexity index is 817. The first-order valence-electron chi connectivity index (χ1n) is 11.0. The van der Waals surface area contributed by atoms with E-state index in [4.69, 9.17) is 9.84 Å². The van der Waals surface area contributed by atoms with E-state index in [1.807, 2.05) is 0 Å². The van der Waals surface area contributed by atoms with E-state index in [0.717, 1.165) is 34.6 Å². The summed E-state index contributed by atoms with van der Waals surface area (Å²) in [4.78, 5) is 0. The number of halogens is 2. The largest absolute Gasteiger partial charge is 0.495 e. The first kappa shape index (κ1) is 22.5. The SMILES string of the molecule is CC1CCC(c2ccc(-c3ccc(CCCO)c(CCOC=C(F)F)c3)cc2)CC1. The third-order valence-electron chi connectivity index (χ3n) is 6.20. The van der Waals surface area contributed by atoms with Crippen LogP contribution in [0.25, 0.3) is 11.1 Å². The molecule has 2 aromatic carbocycles. The van der Waals surface area contributed by atoms with Gasteiger partial charge in [0, 0.05) is 13.0 Å². The second-order valence-electron chi connectivity index (χ2n) is 8.42. The first-order valence-corrected chi connectivity index (χ1v) is 11.0. The molecule has 2 aromatic rings. The average molecular weight is 415 g/mol. The second kappa shape index (κ2) is 11.3. The molecule has 0 radical (unpaired) electrons. The van der Waals surface area contributed by atoms with Crippen LogP contribution in [0.4, 0.5) is 8.78 Å². The van der Waals surface area contributed by atoms with Gasteiger partial charge in [-0.05, 0) is 65.3 Å². The number of aliphatic hydroxyl groups is 1. The Morgan fingerprint density at radius 3 is 2.33 bits per heavy atom. The van der Waals surface area contributed by atoms with Crippen molar-refractivity contribution < 1.29 is 18.6 Å². The van der Waals surface area contributed by atoms with Crippen molar-refractivity contribution in [3.63, 3.8) is 0 Å². The first-order chi connectivity index (χ1) is 14.6. The summed E-state index contributed by atoms with van der Waals surface area (Å²) in [7, 11) is 0. The van der Waals surface area contributed by atoms with E-state index in [-0.39, 0.29) is 13.2 Å². The van der Waals surface area contributed by atoms with Gasteiger partial charge in [-0.1, -0.05) is 62.2 Å². The van der Waals surface area contributed by atoms with Gasteiger partial charge in [-0.25, -0.2) is 0 Å². The standard InChI is InChI=1S/C26H32F2O2/c1-19-4-6-21(7-5-19)22-8-10-23(11-9-22)24-13-12-20(3-2-15-29)25(17-24)14-16-30-18-26(27)28/h8-13,17-19,21,29H,2-7,14-16H2,1H3. The fourth-order valence-electron chi connectivity index (χ4n) is 4.38. The monoisotopic (exact) mass is 414 g/mol. The van der Waals surface area contributed by atoms with Crippen molar-refractivity contribution in [2.24, 2.45) is 5.92 Å². The van der Waals surface area contributed by atoms with Gasteiger partial charge >= 0.3 is 6.08 Å². The number of aliphatic hydroxyl groups excluding tert-OH is 1. The molecule has 1 fully saturated rings. The molecule has 1 saturated carbocycles. The molecule has 0 aliphatic heterocycles. The maximum Gasteiger partial charge on any atom is 0.304 e. The van der Waals surface area contributed by atoms with Crippen LogP contribution < -0.4 is 0 Å². The molecule has 2 nitrogen and oxygen atoms in total. The fourth-order valence-corrected chi connectivity index (χ4v) is 4.38. The molecule has 0 spiro atoms. The zero-order chi connectivity index (χ0) is 21.3. The average Bonchev–Trinajstić information content (AvgIpc) is 2.76. The molecule has 30 heavy (non-hydrogen) atoms. The van der Waals surface area contributed by atoms with Crippen LogP contribution in [0.5, 0.6) is 0 Å². The Labute approximate surface area is 178 Å². The fraction of sp³-hybridized carbons (Fsp3) is 0.462. The Balaban J connectivity index is 1.74. The van der Waals surface area contributed by atoms with E-state index in [0.29, 0.717) is 25.0 Å². The highest BCUT2D eigenvalue weighted by atomic mass is 19.3.